The maximum atomic E-state index is 13.1. The molecule has 0 spiro atoms. The summed E-state index contributed by atoms with van der Waals surface area (Å²) in [6, 6.07) is 16.1. The van der Waals surface area contributed by atoms with E-state index in [4.69, 9.17) is 14.5 Å². The summed E-state index contributed by atoms with van der Waals surface area (Å²) in [6.45, 7) is 9.30. The number of carbonyl (C=O) groups excluding carboxylic acids is 1. The van der Waals surface area contributed by atoms with Crippen molar-refractivity contribution in [3.05, 3.63) is 71.1 Å². The zero-order valence-electron chi connectivity index (χ0n) is 24.0. The molecule has 1 aliphatic rings. The fraction of sp³-hybridized carbons (Fsp3) is 0.333. The van der Waals surface area contributed by atoms with Crippen molar-refractivity contribution in [2.24, 2.45) is 0 Å². The number of rotatable bonds is 6. The smallest absolute Gasteiger partial charge is 0.412 e. The van der Waals surface area contributed by atoms with Gasteiger partial charge in [-0.2, -0.15) is 4.98 Å². The van der Waals surface area contributed by atoms with Crippen molar-refractivity contribution in [3.8, 4) is 11.4 Å². The number of piperazine rings is 1. The Labute approximate surface area is 238 Å². The van der Waals surface area contributed by atoms with Crippen LogP contribution in [0, 0.1) is 0 Å². The molecule has 1 aliphatic heterocycles. The van der Waals surface area contributed by atoms with Crippen molar-refractivity contribution >= 4 is 40.1 Å². The minimum Gasteiger partial charge on any atom is -0.494 e. The second-order valence-electron chi connectivity index (χ2n) is 11.0. The lowest BCUT2D eigenvalue weighted by molar-refractivity contribution is 0.0636. The van der Waals surface area contributed by atoms with Crippen LogP contribution in [0.2, 0.25) is 0 Å². The number of aromatic nitrogens is 3. The van der Waals surface area contributed by atoms with E-state index in [1.165, 1.54) is 10.6 Å². The van der Waals surface area contributed by atoms with Gasteiger partial charge in [0.05, 0.1) is 18.5 Å². The van der Waals surface area contributed by atoms with Crippen LogP contribution in [0.25, 0.3) is 16.7 Å². The molecule has 0 bridgehead atoms. The molecular formula is C30H35N7O4. The number of methoxy groups -OCH3 is 1. The second kappa shape index (κ2) is 11.5. The minimum absolute atomic E-state index is 0.273. The van der Waals surface area contributed by atoms with E-state index < -0.39 is 11.7 Å². The molecule has 1 amide bonds. The standard InChI is InChI=1S/C30H35N7O4/c1-30(2,3)41-29(39)32-21-7-6-8-23(17-21)37-26(38)12-9-20-19-31-28(34-27(20)37)33-24-11-10-22(18-25(24)40-5)36-15-13-35(4)14-16-36/h6-12,17-19H,13-16H2,1-5H3,(H,32,39)(H,31,33,34). The van der Waals surface area contributed by atoms with Gasteiger partial charge in [0.25, 0.3) is 5.56 Å². The molecule has 11 heteroatoms. The van der Waals surface area contributed by atoms with Crippen LogP contribution >= 0.6 is 0 Å². The molecule has 2 N–H and O–H groups in total. The van der Waals surface area contributed by atoms with E-state index in [-0.39, 0.29) is 5.56 Å². The van der Waals surface area contributed by atoms with Crippen LogP contribution in [0.1, 0.15) is 20.8 Å². The van der Waals surface area contributed by atoms with Crippen molar-refractivity contribution < 1.29 is 14.3 Å². The van der Waals surface area contributed by atoms with Crippen molar-refractivity contribution in [1.82, 2.24) is 19.4 Å². The first-order valence-corrected chi connectivity index (χ1v) is 13.5. The topological polar surface area (TPSA) is 114 Å². The van der Waals surface area contributed by atoms with Gasteiger partial charge in [0.2, 0.25) is 5.95 Å². The van der Waals surface area contributed by atoms with Crippen molar-refractivity contribution in [2.45, 2.75) is 26.4 Å². The first-order valence-electron chi connectivity index (χ1n) is 13.5. The summed E-state index contributed by atoms with van der Waals surface area (Å²) in [4.78, 5) is 39.2. The Bertz CT molecular complexity index is 1620. The molecular weight excluding hydrogens is 522 g/mol. The largest absolute Gasteiger partial charge is 0.494 e. The number of likely N-dealkylation sites (N-methyl/N-ethyl adjacent to an activating group) is 1. The molecule has 0 atom stereocenters. The highest BCUT2D eigenvalue weighted by Crippen LogP contribution is 2.32. The van der Waals surface area contributed by atoms with Crippen LogP contribution in [-0.4, -0.2) is 71.5 Å². The Morgan fingerprint density at radius 2 is 1.76 bits per heavy atom. The lowest BCUT2D eigenvalue weighted by atomic mass is 10.2. The molecule has 3 heterocycles. The molecule has 4 aromatic rings. The number of amides is 1. The molecule has 0 aliphatic carbocycles. The van der Waals surface area contributed by atoms with E-state index in [1.807, 2.05) is 12.1 Å². The van der Waals surface area contributed by atoms with Gasteiger partial charge in [-0.05, 0) is 64.2 Å². The van der Waals surface area contributed by atoms with E-state index in [1.54, 1.807) is 64.4 Å². The van der Waals surface area contributed by atoms with E-state index in [2.05, 4.69) is 38.5 Å². The summed E-state index contributed by atoms with van der Waals surface area (Å²) in [5.41, 5.74) is 2.32. The molecule has 0 saturated carbocycles. The number of benzene rings is 2. The van der Waals surface area contributed by atoms with E-state index >= 15 is 0 Å². The van der Waals surface area contributed by atoms with Crippen LogP contribution in [0.3, 0.4) is 0 Å². The van der Waals surface area contributed by atoms with Gasteiger partial charge in [-0.3, -0.25) is 14.7 Å². The van der Waals surface area contributed by atoms with Gasteiger partial charge in [0.15, 0.2) is 5.65 Å². The average Bonchev–Trinajstić information content (AvgIpc) is 2.92. The monoisotopic (exact) mass is 557 g/mol. The molecule has 2 aromatic carbocycles. The van der Waals surface area contributed by atoms with Crippen LogP contribution in [-0.2, 0) is 4.74 Å². The number of ether oxygens (including phenoxy) is 2. The van der Waals surface area contributed by atoms with E-state index in [0.717, 1.165) is 31.9 Å². The zero-order valence-corrected chi connectivity index (χ0v) is 24.0. The second-order valence-corrected chi connectivity index (χ2v) is 11.0. The highest BCUT2D eigenvalue weighted by Gasteiger charge is 2.18. The number of pyridine rings is 1. The van der Waals surface area contributed by atoms with Gasteiger partial charge < -0.3 is 24.6 Å². The summed E-state index contributed by atoms with van der Waals surface area (Å²) in [5, 5.41) is 6.65. The van der Waals surface area contributed by atoms with Crippen molar-refractivity contribution in [1.29, 1.82) is 0 Å². The summed E-state index contributed by atoms with van der Waals surface area (Å²) in [7, 11) is 3.76. The van der Waals surface area contributed by atoms with Gasteiger partial charge in [-0.25, -0.2) is 9.78 Å². The summed E-state index contributed by atoms with van der Waals surface area (Å²) in [5.74, 6) is 0.974. The summed E-state index contributed by atoms with van der Waals surface area (Å²) >= 11 is 0. The summed E-state index contributed by atoms with van der Waals surface area (Å²) < 4.78 is 12.5. The third kappa shape index (κ3) is 6.58. The third-order valence-corrected chi connectivity index (χ3v) is 6.68. The van der Waals surface area contributed by atoms with E-state index in [0.29, 0.717) is 39.8 Å². The van der Waals surface area contributed by atoms with E-state index in [9.17, 15) is 9.59 Å². The minimum atomic E-state index is -0.637. The van der Waals surface area contributed by atoms with Gasteiger partial charge >= 0.3 is 6.09 Å². The third-order valence-electron chi connectivity index (χ3n) is 6.68. The zero-order chi connectivity index (χ0) is 29.1. The molecule has 1 fully saturated rings. The fourth-order valence-electron chi connectivity index (χ4n) is 4.64. The number of anilines is 4. The number of carbonyl (C=O) groups is 1. The van der Waals surface area contributed by atoms with Gasteiger partial charge in [0.1, 0.15) is 11.4 Å². The predicted molar refractivity (Wildman–Crippen MR) is 161 cm³/mol. The number of fused-ring (bicyclic) bond motifs is 1. The quantitative estimate of drug-likeness (QED) is 0.350. The van der Waals surface area contributed by atoms with Gasteiger partial charge in [-0.1, -0.05) is 6.07 Å². The normalized spacial score (nSPS) is 14.1. The van der Waals surface area contributed by atoms with Crippen molar-refractivity contribution in [3.63, 3.8) is 0 Å². The number of hydrogen-bond donors (Lipinski definition) is 2. The average molecular weight is 558 g/mol. The van der Waals surface area contributed by atoms with Gasteiger partial charge in [-0.15, -0.1) is 0 Å². The molecule has 11 nitrogen and oxygen atoms in total. The lowest BCUT2D eigenvalue weighted by Crippen LogP contribution is -2.44. The first-order chi connectivity index (χ1) is 19.6. The molecule has 41 heavy (non-hydrogen) atoms. The summed E-state index contributed by atoms with van der Waals surface area (Å²) in [6.07, 6.45) is 1.08. The molecule has 2 aromatic heterocycles. The molecule has 0 radical (unpaired) electrons. The highest BCUT2D eigenvalue weighted by atomic mass is 16.6. The Morgan fingerprint density at radius 1 is 0.976 bits per heavy atom. The maximum absolute atomic E-state index is 13.1. The van der Waals surface area contributed by atoms with Gasteiger partial charge in [0, 0.05) is 61.3 Å². The Hall–Kier alpha value is -4.64. The van der Waals surface area contributed by atoms with Crippen LogP contribution in [0.15, 0.2) is 65.6 Å². The molecule has 5 rings (SSSR count). The lowest BCUT2D eigenvalue weighted by Gasteiger charge is -2.34. The van der Waals surface area contributed by atoms with Crippen LogP contribution in [0.5, 0.6) is 5.75 Å². The number of nitrogens with zero attached hydrogens (tertiary/aromatic N) is 5. The SMILES string of the molecule is COc1cc(N2CCN(C)CC2)ccc1Nc1ncc2ccc(=O)n(-c3cccc(NC(=O)OC(C)(C)C)c3)c2n1. The molecule has 1 saturated heterocycles. The van der Waals surface area contributed by atoms with Crippen LogP contribution < -0.4 is 25.8 Å². The van der Waals surface area contributed by atoms with Crippen molar-refractivity contribution in [2.75, 3.05) is 55.9 Å². The highest BCUT2D eigenvalue weighted by molar-refractivity contribution is 5.85. The number of nitrogens with one attached hydrogen (secondary N) is 2. The Balaban J connectivity index is 1.44. The molecule has 214 valence electrons. The Kier molecular flexibility index (Phi) is 7.80. The maximum Gasteiger partial charge on any atom is 0.412 e. The van der Waals surface area contributed by atoms with Crippen LogP contribution in [0.4, 0.5) is 27.8 Å². The molecule has 0 unspecified atom stereocenters. The number of hydrogen-bond acceptors (Lipinski definition) is 9. The first kappa shape index (κ1) is 27.9. The Morgan fingerprint density at radius 3 is 2.49 bits per heavy atom. The predicted octanol–water partition coefficient (Wildman–Crippen LogP) is 4.63. The fourth-order valence-corrected chi connectivity index (χ4v) is 4.64.